The fourth-order valence-electron chi connectivity index (χ4n) is 2.57. The van der Waals surface area contributed by atoms with Crippen LogP contribution in [0.2, 0.25) is 0 Å². The molecule has 0 aliphatic rings. The van der Waals surface area contributed by atoms with Crippen molar-refractivity contribution in [2.75, 3.05) is 0 Å². The van der Waals surface area contributed by atoms with E-state index in [1.54, 1.807) is 0 Å². The van der Waals surface area contributed by atoms with Gasteiger partial charge in [-0.25, -0.2) is 14.6 Å². The molecule has 0 aliphatic carbocycles. The quantitative estimate of drug-likeness (QED) is 0.776. The Labute approximate surface area is 117 Å². The van der Waals surface area contributed by atoms with Crippen LogP contribution >= 0.6 is 0 Å². The highest BCUT2D eigenvalue weighted by atomic mass is 15.3. The molecule has 6 heteroatoms. The van der Waals surface area contributed by atoms with Crippen molar-refractivity contribution in [2.24, 2.45) is 0 Å². The molecule has 0 radical (unpaired) electrons. The summed E-state index contributed by atoms with van der Waals surface area (Å²) in [5.74, 6) is 0.856. The Balaban J connectivity index is 2.03. The zero-order valence-corrected chi connectivity index (χ0v) is 12.2. The first-order chi connectivity index (χ1) is 9.74. The zero-order chi connectivity index (χ0) is 14.1. The second kappa shape index (κ2) is 5.11. The number of aromatic amines is 1. The predicted molar refractivity (Wildman–Crippen MR) is 78.4 cm³/mol. The number of fused-ring (bicyclic) bond motifs is 1. The summed E-state index contributed by atoms with van der Waals surface area (Å²) in [6.07, 6.45) is 7.77. The summed E-state index contributed by atoms with van der Waals surface area (Å²) < 4.78 is 4.08. The normalized spacial score (nSPS) is 13.2. The van der Waals surface area contributed by atoms with Crippen LogP contribution in [0.15, 0.2) is 18.7 Å². The van der Waals surface area contributed by atoms with E-state index in [0.717, 1.165) is 42.1 Å². The molecule has 1 atom stereocenters. The van der Waals surface area contributed by atoms with E-state index in [1.165, 1.54) is 0 Å². The van der Waals surface area contributed by atoms with E-state index in [1.807, 2.05) is 23.4 Å². The number of rotatable bonds is 5. The molecule has 106 valence electrons. The zero-order valence-electron chi connectivity index (χ0n) is 12.2. The first-order valence-electron chi connectivity index (χ1n) is 7.18. The Hall–Kier alpha value is -2.11. The molecular weight excluding hydrogens is 252 g/mol. The third-order valence-electron chi connectivity index (χ3n) is 3.66. The maximum Gasteiger partial charge on any atom is 0.177 e. The van der Waals surface area contributed by atoms with Gasteiger partial charge in [0.15, 0.2) is 11.5 Å². The van der Waals surface area contributed by atoms with Gasteiger partial charge in [-0.1, -0.05) is 13.3 Å². The first-order valence-corrected chi connectivity index (χ1v) is 7.18. The first kappa shape index (κ1) is 12.9. The van der Waals surface area contributed by atoms with Crippen LogP contribution in [0.25, 0.3) is 22.7 Å². The number of nitrogens with zero attached hydrogens (tertiary/aromatic N) is 5. The van der Waals surface area contributed by atoms with Crippen LogP contribution in [-0.2, 0) is 6.54 Å². The maximum absolute atomic E-state index is 4.71. The number of H-pyrrole nitrogens is 1. The molecule has 20 heavy (non-hydrogen) atoms. The number of hydrogen-bond donors (Lipinski definition) is 1. The van der Waals surface area contributed by atoms with Crippen molar-refractivity contribution in [3.63, 3.8) is 0 Å². The van der Waals surface area contributed by atoms with Crippen molar-refractivity contribution in [3.8, 4) is 11.5 Å². The molecule has 0 fully saturated rings. The molecule has 3 rings (SSSR count). The Morgan fingerprint density at radius 3 is 2.90 bits per heavy atom. The second-order valence-corrected chi connectivity index (χ2v) is 5.11. The van der Waals surface area contributed by atoms with Gasteiger partial charge < -0.3 is 9.55 Å². The summed E-state index contributed by atoms with van der Waals surface area (Å²) in [4.78, 5) is 12.2. The van der Waals surface area contributed by atoms with Crippen molar-refractivity contribution in [1.82, 2.24) is 29.3 Å². The van der Waals surface area contributed by atoms with Gasteiger partial charge in [0.2, 0.25) is 0 Å². The summed E-state index contributed by atoms with van der Waals surface area (Å²) in [6, 6.07) is 0.365. The minimum absolute atomic E-state index is 0.365. The third kappa shape index (κ3) is 2.01. The largest absolute Gasteiger partial charge is 0.334 e. The smallest absolute Gasteiger partial charge is 0.177 e. The van der Waals surface area contributed by atoms with Gasteiger partial charge in [0.05, 0.1) is 24.8 Å². The topological polar surface area (TPSA) is 64.3 Å². The molecule has 3 heterocycles. The van der Waals surface area contributed by atoms with Crippen LogP contribution in [0.5, 0.6) is 0 Å². The molecule has 6 nitrogen and oxygen atoms in total. The van der Waals surface area contributed by atoms with E-state index in [-0.39, 0.29) is 0 Å². The van der Waals surface area contributed by atoms with Crippen molar-refractivity contribution in [1.29, 1.82) is 0 Å². The Morgan fingerprint density at radius 1 is 1.30 bits per heavy atom. The highest BCUT2D eigenvalue weighted by Gasteiger charge is 2.15. The average molecular weight is 272 g/mol. The summed E-state index contributed by atoms with van der Waals surface area (Å²) in [5, 5.41) is 4.44. The van der Waals surface area contributed by atoms with E-state index >= 15 is 0 Å². The van der Waals surface area contributed by atoms with Crippen molar-refractivity contribution in [2.45, 2.75) is 46.2 Å². The van der Waals surface area contributed by atoms with Crippen molar-refractivity contribution >= 4 is 11.2 Å². The van der Waals surface area contributed by atoms with Crippen LogP contribution in [0, 0.1) is 0 Å². The highest BCUT2D eigenvalue weighted by Crippen LogP contribution is 2.23. The maximum atomic E-state index is 4.71. The summed E-state index contributed by atoms with van der Waals surface area (Å²) in [7, 11) is 0. The third-order valence-corrected chi connectivity index (χ3v) is 3.66. The van der Waals surface area contributed by atoms with Crippen molar-refractivity contribution in [3.05, 3.63) is 18.7 Å². The van der Waals surface area contributed by atoms with Crippen LogP contribution in [0.3, 0.4) is 0 Å². The lowest BCUT2D eigenvalue weighted by Gasteiger charge is -2.10. The van der Waals surface area contributed by atoms with Gasteiger partial charge in [0.25, 0.3) is 0 Å². The molecule has 0 amide bonds. The van der Waals surface area contributed by atoms with Crippen LogP contribution in [0.1, 0.15) is 39.7 Å². The number of aryl methyl sites for hydroxylation is 1. The van der Waals surface area contributed by atoms with Gasteiger partial charge in [-0.15, -0.1) is 0 Å². The monoisotopic (exact) mass is 272 g/mol. The second-order valence-electron chi connectivity index (χ2n) is 5.11. The predicted octanol–water partition coefficient (Wildman–Crippen LogP) is 3.00. The van der Waals surface area contributed by atoms with E-state index in [4.69, 9.17) is 4.98 Å². The van der Waals surface area contributed by atoms with Crippen molar-refractivity contribution < 1.29 is 0 Å². The van der Waals surface area contributed by atoms with Crippen LogP contribution in [0.4, 0.5) is 0 Å². The molecule has 0 saturated heterocycles. The minimum atomic E-state index is 0.365. The molecule has 0 saturated carbocycles. The molecule has 0 aliphatic heterocycles. The van der Waals surface area contributed by atoms with Gasteiger partial charge in [0.1, 0.15) is 11.2 Å². The molecular formula is C14H20N6. The molecule has 0 spiro atoms. The van der Waals surface area contributed by atoms with Gasteiger partial charge >= 0.3 is 0 Å². The Kier molecular flexibility index (Phi) is 3.30. The summed E-state index contributed by atoms with van der Waals surface area (Å²) in [6.45, 7) is 7.34. The van der Waals surface area contributed by atoms with E-state index < -0.39 is 0 Å². The van der Waals surface area contributed by atoms with Crippen LogP contribution in [-0.4, -0.2) is 29.3 Å². The number of hydrogen-bond acceptors (Lipinski definition) is 3. The fourth-order valence-corrected chi connectivity index (χ4v) is 2.57. The standard InChI is InChI=1S/C14H20N6/c1-4-6-10(3)20-14-11(7-16-20)17-13(18-14)12-8-15-9-19(12)5-2/h7-10H,4-6H2,1-3H3,(H,17,18). The van der Waals surface area contributed by atoms with E-state index in [9.17, 15) is 0 Å². The number of imidazole rings is 2. The van der Waals surface area contributed by atoms with Gasteiger partial charge in [0, 0.05) is 6.54 Å². The average Bonchev–Trinajstić information content (AvgIpc) is 3.12. The fraction of sp³-hybridized carbons (Fsp3) is 0.500. The molecule has 0 bridgehead atoms. The molecule has 0 aromatic carbocycles. The minimum Gasteiger partial charge on any atom is -0.334 e. The lowest BCUT2D eigenvalue weighted by atomic mass is 10.2. The molecule has 1 N–H and O–H groups in total. The summed E-state index contributed by atoms with van der Waals surface area (Å²) in [5.41, 5.74) is 2.91. The summed E-state index contributed by atoms with van der Waals surface area (Å²) >= 11 is 0. The SMILES string of the molecule is CCCC(C)n1ncc2[nH]c(-c3cncn3CC)nc21. The van der Waals surface area contributed by atoms with Gasteiger partial charge in [-0.05, 0) is 20.3 Å². The lowest BCUT2D eigenvalue weighted by Crippen LogP contribution is -2.06. The van der Waals surface area contributed by atoms with E-state index in [2.05, 4.69) is 40.4 Å². The molecule has 1 unspecified atom stereocenters. The molecule has 3 aromatic rings. The Morgan fingerprint density at radius 2 is 2.15 bits per heavy atom. The molecule has 3 aromatic heterocycles. The number of nitrogens with one attached hydrogen (secondary N) is 1. The highest BCUT2D eigenvalue weighted by molar-refractivity contribution is 5.75. The van der Waals surface area contributed by atoms with Gasteiger partial charge in [-0.2, -0.15) is 5.10 Å². The number of aromatic nitrogens is 6. The Bertz CT molecular complexity index is 704. The van der Waals surface area contributed by atoms with Gasteiger partial charge in [-0.3, -0.25) is 0 Å². The van der Waals surface area contributed by atoms with E-state index in [0.29, 0.717) is 6.04 Å². The van der Waals surface area contributed by atoms with Crippen LogP contribution < -0.4 is 0 Å². The lowest BCUT2D eigenvalue weighted by molar-refractivity contribution is 0.465.